The molecule has 35 heavy (non-hydrogen) atoms. The third-order valence-corrected chi connectivity index (χ3v) is 6.26. The number of rotatable bonds is 8. The number of alkyl halides is 3. The van der Waals surface area contributed by atoms with Gasteiger partial charge in [0.2, 0.25) is 5.91 Å². The number of benzene rings is 2. The number of nitrogens with zero attached hydrogens (tertiary/aromatic N) is 2. The van der Waals surface area contributed by atoms with Crippen molar-refractivity contribution in [2.75, 3.05) is 45.8 Å². The van der Waals surface area contributed by atoms with Crippen LogP contribution >= 0.6 is 0 Å². The highest BCUT2D eigenvalue weighted by Crippen LogP contribution is 2.42. The first-order valence-electron chi connectivity index (χ1n) is 11.4. The normalized spacial score (nSPS) is 18.3. The highest BCUT2D eigenvalue weighted by Gasteiger charge is 2.39. The SMILES string of the molecule is COc1ccc([C@H]2Cc3cc(C(F)(F)F)ccc3N(CCN(C)C)C(=O)[C@H]2CCOC(C)=O)cc1. The minimum atomic E-state index is -4.50. The molecule has 9 heteroatoms. The Balaban J connectivity index is 2.11. The smallest absolute Gasteiger partial charge is 0.416 e. The Bertz CT molecular complexity index is 1040. The molecule has 1 aliphatic heterocycles. The molecule has 2 atom stereocenters. The molecule has 0 N–H and O–H groups in total. The molecular weight excluding hydrogens is 461 g/mol. The zero-order chi connectivity index (χ0) is 25.8. The topological polar surface area (TPSA) is 59.1 Å². The Labute approximate surface area is 203 Å². The van der Waals surface area contributed by atoms with Crippen molar-refractivity contribution in [3.63, 3.8) is 0 Å². The van der Waals surface area contributed by atoms with Crippen LogP contribution < -0.4 is 9.64 Å². The Morgan fingerprint density at radius 2 is 1.83 bits per heavy atom. The van der Waals surface area contributed by atoms with E-state index < -0.39 is 29.5 Å². The Morgan fingerprint density at radius 1 is 1.14 bits per heavy atom. The second kappa shape index (κ2) is 11.1. The number of carbonyl (C=O) groups is 2. The summed E-state index contributed by atoms with van der Waals surface area (Å²) < 4.78 is 51.1. The number of anilines is 1. The van der Waals surface area contributed by atoms with Crippen molar-refractivity contribution in [1.82, 2.24) is 4.90 Å². The van der Waals surface area contributed by atoms with Gasteiger partial charge < -0.3 is 19.3 Å². The lowest BCUT2D eigenvalue weighted by Crippen LogP contribution is -2.41. The van der Waals surface area contributed by atoms with Gasteiger partial charge in [0.15, 0.2) is 0 Å². The summed E-state index contributed by atoms with van der Waals surface area (Å²) in [7, 11) is 5.28. The first-order valence-corrected chi connectivity index (χ1v) is 11.4. The summed E-state index contributed by atoms with van der Waals surface area (Å²) in [6, 6.07) is 10.8. The van der Waals surface area contributed by atoms with Gasteiger partial charge in [-0.1, -0.05) is 12.1 Å². The lowest BCUT2D eigenvalue weighted by molar-refractivity contribution is -0.142. The van der Waals surface area contributed by atoms with Crippen molar-refractivity contribution < 1.29 is 32.2 Å². The van der Waals surface area contributed by atoms with Crippen LogP contribution in [0, 0.1) is 5.92 Å². The first kappa shape index (κ1) is 26.5. The van der Waals surface area contributed by atoms with Crippen LogP contribution in [0.2, 0.25) is 0 Å². The van der Waals surface area contributed by atoms with Gasteiger partial charge in [-0.15, -0.1) is 0 Å². The van der Waals surface area contributed by atoms with Crippen LogP contribution in [0.1, 0.15) is 36.0 Å². The largest absolute Gasteiger partial charge is 0.497 e. The number of halogens is 3. The number of methoxy groups -OCH3 is 1. The van der Waals surface area contributed by atoms with E-state index in [0.29, 0.717) is 30.1 Å². The van der Waals surface area contributed by atoms with Crippen molar-refractivity contribution in [1.29, 1.82) is 0 Å². The van der Waals surface area contributed by atoms with Gasteiger partial charge in [-0.2, -0.15) is 13.2 Å². The fraction of sp³-hybridized carbons (Fsp3) is 0.462. The molecule has 1 amide bonds. The molecule has 0 spiro atoms. The number of carbonyl (C=O) groups excluding carboxylic acids is 2. The highest BCUT2D eigenvalue weighted by molar-refractivity contribution is 5.97. The lowest BCUT2D eigenvalue weighted by atomic mass is 9.80. The Kier molecular flexibility index (Phi) is 8.43. The summed E-state index contributed by atoms with van der Waals surface area (Å²) in [6.45, 7) is 2.21. The van der Waals surface area contributed by atoms with E-state index in [1.54, 1.807) is 24.1 Å². The summed E-state index contributed by atoms with van der Waals surface area (Å²) >= 11 is 0. The average Bonchev–Trinajstić information content (AvgIpc) is 2.91. The van der Waals surface area contributed by atoms with Crippen LogP contribution in [0.4, 0.5) is 18.9 Å². The molecule has 190 valence electrons. The molecule has 0 radical (unpaired) electrons. The Hall–Kier alpha value is -3.07. The van der Waals surface area contributed by atoms with E-state index in [1.807, 2.05) is 31.1 Å². The first-order chi connectivity index (χ1) is 16.5. The van der Waals surface area contributed by atoms with Gasteiger partial charge in [0.05, 0.1) is 19.3 Å². The van der Waals surface area contributed by atoms with Crippen LogP contribution in [0.3, 0.4) is 0 Å². The summed E-state index contributed by atoms with van der Waals surface area (Å²) in [5.41, 5.74) is 1.01. The molecule has 1 heterocycles. The molecule has 0 aromatic heterocycles. The molecule has 0 bridgehead atoms. The molecule has 6 nitrogen and oxygen atoms in total. The fourth-order valence-electron chi connectivity index (χ4n) is 4.45. The summed E-state index contributed by atoms with van der Waals surface area (Å²) in [4.78, 5) is 28.8. The van der Waals surface area contributed by atoms with Crippen LogP contribution in [0.5, 0.6) is 5.75 Å². The number of hydrogen-bond acceptors (Lipinski definition) is 5. The molecule has 2 aromatic carbocycles. The number of likely N-dealkylation sites (N-methyl/N-ethyl adjacent to an activating group) is 1. The van der Waals surface area contributed by atoms with Crippen LogP contribution in [0.15, 0.2) is 42.5 Å². The molecule has 2 aromatic rings. The molecule has 0 unspecified atom stereocenters. The molecule has 3 rings (SSSR count). The van der Waals surface area contributed by atoms with Crippen LogP contribution in [-0.4, -0.2) is 57.7 Å². The molecule has 0 saturated carbocycles. The highest BCUT2D eigenvalue weighted by atomic mass is 19.4. The number of esters is 1. The van der Waals surface area contributed by atoms with Gasteiger partial charge in [0.1, 0.15) is 5.75 Å². The van der Waals surface area contributed by atoms with Gasteiger partial charge in [-0.25, -0.2) is 0 Å². The minimum Gasteiger partial charge on any atom is -0.497 e. The zero-order valence-corrected chi connectivity index (χ0v) is 20.4. The predicted molar refractivity (Wildman–Crippen MR) is 127 cm³/mol. The van der Waals surface area contributed by atoms with Gasteiger partial charge >= 0.3 is 12.1 Å². The van der Waals surface area contributed by atoms with E-state index in [4.69, 9.17) is 9.47 Å². The van der Waals surface area contributed by atoms with E-state index in [-0.39, 0.29) is 25.4 Å². The summed E-state index contributed by atoms with van der Waals surface area (Å²) in [5, 5.41) is 0. The second-order valence-electron chi connectivity index (χ2n) is 8.95. The van der Waals surface area contributed by atoms with Gasteiger partial charge in [0, 0.05) is 31.6 Å². The number of hydrogen-bond donors (Lipinski definition) is 0. The van der Waals surface area contributed by atoms with Crippen LogP contribution in [-0.2, 0) is 26.9 Å². The number of amides is 1. The van der Waals surface area contributed by atoms with Crippen LogP contribution in [0.25, 0.3) is 0 Å². The maximum absolute atomic E-state index is 13.9. The predicted octanol–water partition coefficient (Wildman–Crippen LogP) is 4.52. The second-order valence-corrected chi connectivity index (χ2v) is 8.95. The number of ether oxygens (including phenoxy) is 2. The van der Waals surface area contributed by atoms with Crippen molar-refractivity contribution in [2.24, 2.45) is 5.92 Å². The third kappa shape index (κ3) is 6.54. The molecule has 0 fully saturated rings. The van der Waals surface area contributed by atoms with Crippen molar-refractivity contribution in [2.45, 2.75) is 31.9 Å². The van der Waals surface area contributed by atoms with Gasteiger partial charge in [0.25, 0.3) is 0 Å². The van der Waals surface area contributed by atoms with E-state index >= 15 is 0 Å². The van der Waals surface area contributed by atoms with E-state index in [9.17, 15) is 22.8 Å². The fourth-order valence-corrected chi connectivity index (χ4v) is 4.45. The van der Waals surface area contributed by atoms with Crippen molar-refractivity contribution >= 4 is 17.6 Å². The standard InChI is InChI=1S/C26H31F3N2O4/c1-17(32)35-14-11-22-23(18-5-8-21(34-4)9-6-18)16-19-15-20(26(27,28)29)7-10-24(19)31(25(22)33)13-12-30(2)3/h5-10,15,22-23H,11-14,16H2,1-4H3/t22-,23+/m0/s1. The van der Waals surface area contributed by atoms with Crippen molar-refractivity contribution in [3.8, 4) is 5.75 Å². The lowest BCUT2D eigenvalue weighted by Gasteiger charge is -2.29. The molecular formula is C26H31F3N2O4. The summed E-state index contributed by atoms with van der Waals surface area (Å²) in [5.74, 6) is -1.01. The van der Waals surface area contributed by atoms with E-state index in [1.165, 1.54) is 13.0 Å². The van der Waals surface area contributed by atoms with E-state index in [2.05, 4.69) is 0 Å². The maximum atomic E-state index is 13.9. The molecule has 1 aliphatic rings. The zero-order valence-electron chi connectivity index (χ0n) is 20.4. The summed E-state index contributed by atoms with van der Waals surface area (Å²) in [6.07, 6.45) is -4.00. The molecule has 0 saturated heterocycles. The van der Waals surface area contributed by atoms with Crippen molar-refractivity contribution in [3.05, 3.63) is 59.2 Å². The third-order valence-electron chi connectivity index (χ3n) is 6.26. The number of fused-ring (bicyclic) bond motifs is 1. The monoisotopic (exact) mass is 492 g/mol. The maximum Gasteiger partial charge on any atom is 0.416 e. The average molecular weight is 493 g/mol. The van der Waals surface area contributed by atoms with Gasteiger partial charge in [-0.3, -0.25) is 9.59 Å². The molecule has 0 aliphatic carbocycles. The van der Waals surface area contributed by atoms with E-state index in [0.717, 1.165) is 17.7 Å². The quantitative estimate of drug-likeness (QED) is 0.508. The minimum absolute atomic E-state index is 0.0457. The Morgan fingerprint density at radius 3 is 2.40 bits per heavy atom. The van der Waals surface area contributed by atoms with Gasteiger partial charge in [-0.05, 0) is 74.3 Å².